The predicted molar refractivity (Wildman–Crippen MR) is 86.9 cm³/mol. The third kappa shape index (κ3) is 2.40. The molecule has 0 atom stereocenters. The quantitative estimate of drug-likeness (QED) is 0.657. The molecule has 21 heavy (non-hydrogen) atoms. The predicted octanol–water partition coefficient (Wildman–Crippen LogP) is 2.63. The first kappa shape index (κ1) is 14.0. The summed E-state index contributed by atoms with van der Waals surface area (Å²) < 4.78 is 0. The first-order chi connectivity index (χ1) is 9.97. The number of amidine groups is 1. The molecule has 0 fully saturated rings. The molecule has 4 nitrogen and oxygen atoms in total. The van der Waals surface area contributed by atoms with Crippen LogP contribution in [0.15, 0.2) is 18.2 Å². The minimum absolute atomic E-state index is 0.148. The van der Waals surface area contributed by atoms with E-state index in [0.29, 0.717) is 5.92 Å². The fourth-order valence-electron chi connectivity index (χ4n) is 3.06. The molecule has 4 heteroatoms. The number of hydrogen-bond acceptors (Lipinski definition) is 3. The summed E-state index contributed by atoms with van der Waals surface area (Å²) in [6, 6.07) is 6.35. The second-order valence-electron chi connectivity index (χ2n) is 6.24. The topological polar surface area (TPSA) is 66.0 Å². The molecule has 0 spiro atoms. The van der Waals surface area contributed by atoms with Crippen molar-refractivity contribution in [3.63, 3.8) is 0 Å². The Bertz CT molecular complexity index is 718. The number of likely N-dealkylation sites (N-methyl/N-ethyl adjacent to an activating group) is 1. The number of nitrogen functional groups attached to an aromatic ring is 1. The van der Waals surface area contributed by atoms with E-state index in [9.17, 15) is 0 Å². The van der Waals surface area contributed by atoms with Crippen LogP contribution in [0, 0.1) is 5.41 Å². The van der Waals surface area contributed by atoms with Gasteiger partial charge >= 0.3 is 0 Å². The van der Waals surface area contributed by atoms with E-state index < -0.39 is 0 Å². The van der Waals surface area contributed by atoms with Crippen LogP contribution < -0.4 is 5.73 Å². The Morgan fingerprint density at radius 1 is 1.38 bits per heavy atom. The van der Waals surface area contributed by atoms with Gasteiger partial charge in [0.2, 0.25) is 0 Å². The minimum atomic E-state index is 0.148. The van der Waals surface area contributed by atoms with Gasteiger partial charge in [0.1, 0.15) is 5.84 Å². The van der Waals surface area contributed by atoms with Crippen LogP contribution in [0.2, 0.25) is 0 Å². The van der Waals surface area contributed by atoms with Gasteiger partial charge in [0.05, 0.1) is 5.52 Å². The van der Waals surface area contributed by atoms with Gasteiger partial charge in [-0.25, -0.2) is 0 Å². The molecular formula is C17H22N4. The second kappa shape index (κ2) is 5.11. The van der Waals surface area contributed by atoms with Crippen LogP contribution in [-0.4, -0.2) is 29.3 Å². The number of nitrogens with two attached hydrogens (primary N) is 1. The Morgan fingerprint density at radius 2 is 2.14 bits per heavy atom. The van der Waals surface area contributed by atoms with Crippen molar-refractivity contribution >= 4 is 16.7 Å². The summed E-state index contributed by atoms with van der Waals surface area (Å²) in [5.74, 6) is 0.600. The molecule has 0 unspecified atom stereocenters. The van der Waals surface area contributed by atoms with E-state index in [1.807, 2.05) is 0 Å². The van der Waals surface area contributed by atoms with Crippen LogP contribution >= 0.6 is 0 Å². The Hall–Kier alpha value is -1.94. The lowest BCUT2D eigenvalue weighted by Crippen LogP contribution is -2.30. The molecule has 110 valence electrons. The molecule has 0 saturated carbocycles. The molecule has 0 amide bonds. The SMILES string of the molecule is CC(C)c1ccc2nc3c(c(C(=N)N)c2c1)CN(C)CC3. The number of fused-ring (bicyclic) bond motifs is 2. The zero-order chi connectivity index (χ0) is 15.1. The number of nitrogens with zero attached hydrogens (tertiary/aromatic N) is 2. The molecule has 3 rings (SSSR count). The monoisotopic (exact) mass is 282 g/mol. The van der Waals surface area contributed by atoms with Crippen LogP contribution in [0.1, 0.15) is 42.1 Å². The van der Waals surface area contributed by atoms with Crippen molar-refractivity contribution in [3.8, 4) is 0 Å². The summed E-state index contributed by atoms with van der Waals surface area (Å²) in [6.07, 6.45) is 0.925. The number of aromatic nitrogens is 1. The normalized spacial score (nSPS) is 15.4. The lowest BCUT2D eigenvalue weighted by Gasteiger charge is -2.27. The highest BCUT2D eigenvalue weighted by atomic mass is 15.1. The van der Waals surface area contributed by atoms with Crippen molar-refractivity contribution in [3.05, 3.63) is 40.6 Å². The molecule has 0 radical (unpaired) electrons. The van der Waals surface area contributed by atoms with E-state index in [2.05, 4.69) is 44.0 Å². The van der Waals surface area contributed by atoms with Crippen molar-refractivity contribution in [2.45, 2.75) is 32.7 Å². The molecule has 2 heterocycles. The summed E-state index contributed by atoms with van der Waals surface area (Å²) in [6.45, 7) is 6.18. The zero-order valence-electron chi connectivity index (χ0n) is 12.9. The molecular weight excluding hydrogens is 260 g/mol. The van der Waals surface area contributed by atoms with Gasteiger partial charge in [-0.1, -0.05) is 19.9 Å². The van der Waals surface area contributed by atoms with Gasteiger partial charge in [0.25, 0.3) is 0 Å². The van der Waals surface area contributed by atoms with Crippen LogP contribution in [0.25, 0.3) is 10.9 Å². The molecule has 0 saturated heterocycles. The lowest BCUT2D eigenvalue weighted by molar-refractivity contribution is 0.310. The highest BCUT2D eigenvalue weighted by molar-refractivity contribution is 6.08. The first-order valence-electron chi connectivity index (χ1n) is 7.45. The second-order valence-corrected chi connectivity index (χ2v) is 6.24. The number of pyridine rings is 1. The average molecular weight is 282 g/mol. The van der Waals surface area contributed by atoms with Crippen molar-refractivity contribution in [2.24, 2.45) is 5.73 Å². The van der Waals surface area contributed by atoms with E-state index in [0.717, 1.165) is 47.2 Å². The standard InChI is InChI=1S/C17H22N4/c1-10(2)11-4-5-14-12(8-11)16(17(18)19)13-9-21(3)7-6-15(13)20-14/h4-5,8,10H,6-7,9H2,1-3H3,(H3,18,19). The Kier molecular flexibility index (Phi) is 3.41. The van der Waals surface area contributed by atoms with E-state index in [4.69, 9.17) is 16.1 Å². The smallest absolute Gasteiger partial charge is 0.123 e. The van der Waals surface area contributed by atoms with Gasteiger partial charge in [-0.05, 0) is 36.2 Å². The summed E-state index contributed by atoms with van der Waals surface area (Å²) in [5, 5.41) is 9.05. The summed E-state index contributed by atoms with van der Waals surface area (Å²) in [4.78, 5) is 7.07. The van der Waals surface area contributed by atoms with Crippen LogP contribution in [0.4, 0.5) is 0 Å². The summed E-state index contributed by atoms with van der Waals surface area (Å²) in [7, 11) is 2.10. The average Bonchev–Trinajstić information content (AvgIpc) is 2.43. The molecule has 3 N–H and O–H groups in total. The molecule has 1 aliphatic heterocycles. The molecule has 1 aromatic carbocycles. The van der Waals surface area contributed by atoms with Crippen molar-refractivity contribution in [2.75, 3.05) is 13.6 Å². The van der Waals surface area contributed by atoms with Crippen molar-refractivity contribution < 1.29 is 0 Å². The number of rotatable bonds is 2. The largest absolute Gasteiger partial charge is 0.384 e. The number of hydrogen-bond donors (Lipinski definition) is 2. The fraction of sp³-hybridized carbons (Fsp3) is 0.412. The van der Waals surface area contributed by atoms with E-state index in [-0.39, 0.29) is 5.84 Å². The number of benzene rings is 1. The van der Waals surface area contributed by atoms with E-state index in [1.54, 1.807) is 0 Å². The third-order valence-corrected chi connectivity index (χ3v) is 4.29. The Balaban J connectivity index is 2.32. The first-order valence-corrected chi connectivity index (χ1v) is 7.45. The molecule has 2 aromatic rings. The zero-order valence-corrected chi connectivity index (χ0v) is 12.9. The maximum Gasteiger partial charge on any atom is 0.123 e. The molecule has 0 aliphatic carbocycles. The maximum atomic E-state index is 8.03. The highest BCUT2D eigenvalue weighted by Crippen LogP contribution is 2.29. The molecule has 1 aromatic heterocycles. The van der Waals surface area contributed by atoms with Crippen LogP contribution in [-0.2, 0) is 13.0 Å². The third-order valence-electron chi connectivity index (χ3n) is 4.29. The summed E-state index contributed by atoms with van der Waals surface area (Å²) >= 11 is 0. The van der Waals surface area contributed by atoms with Crippen LogP contribution in [0.3, 0.4) is 0 Å². The Labute approximate surface area is 125 Å². The molecule has 0 bridgehead atoms. The van der Waals surface area contributed by atoms with Gasteiger partial charge in [-0.3, -0.25) is 10.4 Å². The van der Waals surface area contributed by atoms with Crippen LogP contribution in [0.5, 0.6) is 0 Å². The van der Waals surface area contributed by atoms with E-state index >= 15 is 0 Å². The van der Waals surface area contributed by atoms with Crippen molar-refractivity contribution in [1.82, 2.24) is 9.88 Å². The Morgan fingerprint density at radius 3 is 2.81 bits per heavy atom. The lowest BCUT2D eigenvalue weighted by atomic mass is 9.93. The maximum absolute atomic E-state index is 8.03. The van der Waals surface area contributed by atoms with Gasteiger partial charge in [-0.15, -0.1) is 0 Å². The van der Waals surface area contributed by atoms with Gasteiger partial charge in [0.15, 0.2) is 0 Å². The summed E-state index contributed by atoms with van der Waals surface area (Å²) in [5.41, 5.74) is 11.2. The van der Waals surface area contributed by atoms with Gasteiger partial charge in [-0.2, -0.15) is 0 Å². The number of nitrogens with one attached hydrogen (secondary N) is 1. The van der Waals surface area contributed by atoms with E-state index in [1.165, 1.54) is 5.56 Å². The fourth-order valence-corrected chi connectivity index (χ4v) is 3.06. The minimum Gasteiger partial charge on any atom is -0.384 e. The van der Waals surface area contributed by atoms with Crippen molar-refractivity contribution in [1.29, 1.82) is 5.41 Å². The molecule has 1 aliphatic rings. The highest BCUT2D eigenvalue weighted by Gasteiger charge is 2.22. The van der Waals surface area contributed by atoms with Gasteiger partial charge < -0.3 is 10.6 Å². The van der Waals surface area contributed by atoms with Gasteiger partial charge in [0, 0.05) is 36.2 Å².